The number of para-hydroxylation sites is 1. The normalized spacial score (nSPS) is 10.5. The quantitative estimate of drug-likeness (QED) is 0.714. The number of hydrogen-bond donors (Lipinski definition) is 2. The van der Waals surface area contributed by atoms with Gasteiger partial charge in [0, 0.05) is 5.69 Å². The van der Waals surface area contributed by atoms with Gasteiger partial charge in [-0.25, -0.2) is 4.79 Å². The molecule has 7 heteroatoms. The zero-order chi connectivity index (χ0) is 14.7. The summed E-state index contributed by atoms with van der Waals surface area (Å²) in [5.41, 5.74) is 0.705. The molecular weight excluding hydrogens is 292 g/mol. The number of nitrogens with zero attached hydrogens (tertiary/aromatic N) is 1. The number of fused-ring (bicyclic) bond motifs is 1. The van der Waals surface area contributed by atoms with E-state index in [1.807, 2.05) is 30.3 Å². The van der Waals surface area contributed by atoms with E-state index in [9.17, 15) is 4.79 Å². The third-order valence-corrected chi connectivity index (χ3v) is 3.02. The molecule has 0 fully saturated rings. The molecule has 0 saturated heterocycles. The third-order valence-electron chi connectivity index (χ3n) is 2.76. The Morgan fingerprint density at radius 1 is 1.19 bits per heavy atom. The second kappa shape index (κ2) is 5.86. The van der Waals surface area contributed by atoms with Crippen LogP contribution in [-0.2, 0) is 0 Å². The summed E-state index contributed by atoms with van der Waals surface area (Å²) < 4.78 is 18.6. The maximum Gasteiger partial charge on any atom is 0.348 e. The van der Waals surface area contributed by atoms with Crippen LogP contribution in [0.2, 0.25) is 0 Å². The fraction of sp³-hybridized carbons (Fsp3) is 0. The fourth-order valence-corrected chi connectivity index (χ4v) is 2.03. The van der Waals surface area contributed by atoms with Gasteiger partial charge >= 0.3 is 11.6 Å². The molecule has 0 unspecified atom stereocenters. The van der Waals surface area contributed by atoms with Crippen molar-refractivity contribution in [3.63, 3.8) is 0 Å². The van der Waals surface area contributed by atoms with Crippen molar-refractivity contribution in [1.82, 2.24) is 4.98 Å². The van der Waals surface area contributed by atoms with Crippen molar-refractivity contribution in [2.45, 2.75) is 0 Å². The maximum atomic E-state index is 12.0. The number of anilines is 2. The van der Waals surface area contributed by atoms with Gasteiger partial charge in [0.05, 0.1) is 10.9 Å². The number of rotatable bonds is 4. The highest BCUT2D eigenvalue weighted by molar-refractivity contribution is 7.89. The highest BCUT2D eigenvalue weighted by atomic mass is 32.2. The Labute approximate surface area is 123 Å². The van der Waals surface area contributed by atoms with E-state index in [4.69, 9.17) is 13.2 Å². The van der Waals surface area contributed by atoms with E-state index in [0.29, 0.717) is 11.3 Å². The topological polar surface area (TPSA) is 84.6 Å². The third kappa shape index (κ3) is 2.99. The molecular formula is C14H10N2O4S. The van der Waals surface area contributed by atoms with Crippen LogP contribution in [0.15, 0.2) is 57.7 Å². The lowest BCUT2D eigenvalue weighted by Gasteiger charge is -2.05. The Balaban J connectivity index is 1.99. The molecule has 1 heterocycles. The van der Waals surface area contributed by atoms with E-state index in [1.54, 1.807) is 12.1 Å². The molecule has 2 N–H and O–H groups in total. The zero-order valence-electron chi connectivity index (χ0n) is 10.6. The Bertz CT molecular complexity index is 820. The standard InChI is InChI=1S/C14H10N2O4S/c17-13-11-8-10(20-21-18)6-7-12(11)16-14(19-13)15-9-4-2-1-3-5-9/h1-8,18H,(H,15,16). The highest BCUT2D eigenvalue weighted by Gasteiger charge is 2.08. The van der Waals surface area contributed by atoms with Gasteiger partial charge in [0.15, 0.2) is 0 Å². The van der Waals surface area contributed by atoms with E-state index in [2.05, 4.69) is 10.3 Å². The summed E-state index contributed by atoms with van der Waals surface area (Å²) in [6, 6.07) is 14.1. The molecule has 0 radical (unpaired) electrons. The summed E-state index contributed by atoms with van der Waals surface area (Å²) >= 11 is 0.209. The van der Waals surface area contributed by atoms with Crippen molar-refractivity contribution in [2.24, 2.45) is 0 Å². The molecule has 106 valence electrons. The highest BCUT2D eigenvalue weighted by Crippen LogP contribution is 2.21. The van der Waals surface area contributed by atoms with Crippen molar-refractivity contribution in [1.29, 1.82) is 0 Å². The van der Waals surface area contributed by atoms with Gasteiger partial charge < -0.3 is 13.9 Å². The summed E-state index contributed by atoms with van der Waals surface area (Å²) in [6.45, 7) is 0. The number of nitrogens with one attached hydrogen (secondary N) is 1. The predicted octanol–water partition coefficient (Wildman–Crippen LogP) is 3.43. The van der Waals surface area contributed by atoms with Crippen LogP contribution in [0.4, 0.5) is 11.7 Å². The molecule has 3 rings (SSSR count). The average Bonchev–Trinajstić information content (AvgIpc) is 2.49. The van der Waals surface area contributed by atoms with Crippen molar-refractivity contribution in [2.75, 3.05) is 5.32 Å². The molecule has 1 aromatic heterocycles. The molecule has 21 heavy (non-hydrogen) atoms. The van der Waals surface area contributed by atoms with Crippen LogP contribution in [0.1, 0.15) is 0 Å². The van der Waals surface area contributed by atoms with Crippen LogP contribution >= 0.6 is 12.3 Å². The Hall–Kier alpha value is -2.51. The van der Waals surface area contributed by atoms with E-state index >= 15 is 0 Å². The molecule has 0 atom stereocenters. The van der Waals surface area contributed by atoms with Gasteiger partial charge in [-0.3, -0.25) is 4.55 Å². The molecule has 0 amide bonds. The van der Waals surface area contributed by atoms with Gasteiger partial charge in [-0.1, -0.05) is 18.2 Å². The summed E-state index contributed by atoms with van der Waals surface area (Å²) in [4.78, 5) is 16.2. The molecule has 0 aliphatic rings. The lowest BCUT2D eigenvalue weighted by atomic mass is 10.2. The van der Waals surface area contributed by atoms with Crippen molar-refractivity contribution in [3.8, 4) is 5.75 Å². The predicted molar refractivity (Wildman–Crippen MR) is 80.9 cm³/mol. The van der Waals surface area contributed by atoms with E-state index in [1.165, 1.54) is 6.07 Å². The molecule has 0 aliphatic carbocycles. The maximum absolute atomic E-state index is 12.0. The first-order chi connectivity index (χ1) is 10.3. The lowest BCUT2D eigenvalue weighted by Crippen LogP contribution is -2.05. The van der Waals surface area contributed by atoms with E-state index in [-0.39, 0.29) is 23.7 Å². The molecule has 3 aromatic rings. The summed E-state index contributed by atoms with van der Waals surface area (Å²) in [6.07, 6.45) is 0. The van der Waals surface area contributed by atoms with E-state index < -0.39 is 5.63 Å². The minimum Gasteiger partial charge on any atom is -0.400 e. The van der Waals surface area contributed by atoms with Crippen molar-refractivity contribution < 1.29 is 13.2 Å². The Morgan fingerprint density at radius 2 is 2.00 bits per heavy atom. The average molecular weight is 302 g/mol. The van der Waals surface area contributed by atoms with Crippen LogP contribution in [0.25, 0.3) is 10.9 Å². The van der Waals surface area contributed by atoms with Gasteiger partial charge in [-0.05, 0) is 30.3 Å². The minimum atomic E-state index is -0.535. The molecule has 0 saturated carbocycles. The molecule has 2 aromatic carbocycles. The SMILES string of the molecule is O=c1oc(Nc2ccccc2)nc2ccc(OSO)cc12. The Kier molecular flexibility index (Phi) is 3.76. The second-order valence-electron chi connectivity index (χ2n) is 4.13. The summed E-state index contributed by atoms with van der Waals surface area (Å²) in [5.74, 6) is 0.341. The van der Waals surface area contributed by atoms with Crippen LogP contribution in [0.5, 0.6) is 5.75 Å². The molecule has 0 spiro atoms. The first-order valence-corrected chi connectivity index (χ1v) is 6.71. The first-order valence-electron chi connectivity index (χ1n) is 6.01. The zero-order valence-corrected chi connectivity index (χ0v) is 11.5. The largest absolute Gasteiger partial charge is 0.400 e. The van der Waals surface area contributed by atoms with Gasteiger partial charge in [0.1, 0.15) is 5.75 Å². The fourth-order valence-electron chi connectivity index (χ4n) is 1.84. The number of hydrogen-bond acceptors (Lipinski definition) is 7. The van der Waals surface area contributed by atoms with Gasteiger partial charge in [0.25, 0.3) is 0 Å². The first kappa shape index (κ1) is 13.5. The molecule has 0 bridgehead atoms. The monoisotopic (exact) mass is 302 g/mol. The minimum absolute atomic E-state index is 0.115. The van der Waals surface area contributed by atoms with E-state index in [0.717, 1.165) is 5.69 Å². The van der Waals surface area contributed by atoms with Gasteiger partial charge in [-0.15, -0.1) is 0 Å². The second-order valence-corrected chi connectivity index (χ2v) is 4.45. The van der Waals surface area contributed by atoms with Crippen LogP contribution in [-0.4, -0.2) is 9.54 Å². The van der Waals surface area contributed by atoms with Gasteiger partial charge in [-0.2, -0.15) is 4.98 Å². The smallest absolute Gasteiger partial charge is 0.348 e. The lowest BCUT2D eigenvalue weighted by molar-refractivity contribution is 0.520. The number of aromatic nitrogens is 1. The van der Waals surface area contributed by atoms with Crippen molar-refractivity contribution >= 4 is 34.9 Å². The molecule has 6 nitrogen and oxygen atoms in total. The summed E-state index contributed by atoms with van der Waals surface area (Å²) in [7, 11) is 0. The molecule has 0 aliphatic heterocycles. The number of benzene rings is 2. The van der Waals surface area contributed by atoms with Crippen molar-refractivity contribution in [3.05, 3.63) is 59.0 Å². The van der Waals surface area contributed by atoms with Gasteiger partial charge in [0.2, 0.25) is 12.3 Å². The van der Waals surface area contributed by atoms with Crippen LogP contribution in [0, 0.1) is 0 Å². The Morgan fingerprint density at radius 3 is 2.76 bits per heavy atom. The van der Waals surface area contributed by atoms with Crippen LogP contribution < -0.4 is 15.1 Å². The van der Waals surface area contributed by atoms with Crippen LogP contribution in [0.3, 0.4) is 0 Å². The summed E-state index contributed by atoms with van der Waals surface area (Å²) in [5, 5.41) is 3.20.